The molecule has 0 aromatic heterocycles. The monoisotopic (exact) mass is 344 g/mol. The molecule has 1 N–H and O–H groups in total. The van der Waals surface area contributed by atoms with Gasteiger partial charge in [-0.15, -0.1) is 0 Å². The van der Waals surface area contributed by atoms with Crippen molar-refractivity contribution >= 4 is 11.6 Å². The molecule has 2 rings (SSSR count). The fraction of sp³-hybridized carbons (Fsp3) is 0.429. The van der Waals surface area contributed by atoms with Crippen molar-refractivity contribution < 1.29 is 0 Å². The number of hydrogen-bond donors (Lipinski definition) is 1. The molecule has 2 aromatic carbocycles. The molecule has 2 nitrogen and oxygen atoms in total. The minimum atomic E-state index is 0.423. The Balaban J connectivity index is 1.73. The van der Waals surface area contributed by atoms with Gasteiger partial charge in [0.2, 0.25) is 0 Å². The summed E-state index contributed by atoms with van der Waals surface area (Å²) in [6.45, 7) is 5.38. The van der Waals surface area contributed by atoms with Crippen LogP contribution in [0.1, 0.15) is 43.4 Å². The maximum absolute atomic E-state index is 6.00. The lowest BCUT2D eigenvalue weighted by molar-refractivity contribution is 0.315. The van der Waals surface area contributed by atoms with E-state index in [1.165, 1.54) is 17.5 Å². The van der Waals surface area contributed by atoms with Crippen LogP contribution in [-0.2, 0) is 6.54 Å². The van der Waals surface area contributed by atoms with Crippen molar-refractivity contribution in [3.05, 3.63) is 70.7 Å². The summed E-state index contributed by atoms with van der Waals surface area (Å²) in [6, 6.07) is 19.3. The predicted octanol–water partition coefficient (Wildman–Crippen LogP) is 5.29. The molecule has 0 aliphatic carbocycles. The van der Waals surface area contributed by atoms with E-state index < -0.39 is 0 Å². The van der Waals surface area contributed by atoms with Crippen LogP contribution in [0.15, 0.2) is 54.6 Å². The highest BCUT2D eigenvalue weighted by atomic mass is 35.5. The Morgan fingerprint density at radius 2 is 1.75 bits per heavy atom. The quantitative estimate of drug-likeness (QED) is 0.589. The van der Waals surface area contributed by atoms with Crippen LogP contribution in [0.5, 0.6) is 0 Å². The SMILES string of the molecule is CCCC(NCCCN(C)Cc1ccccc1)c1ccc(Cl)cc1. The Hall–Kier alpha value is -1.35. The summed E-state index contributed by atoms with van der Waals surface area (Å²) in [4.78, 5) is 2.38. The fourth-order valence-corrected chi connectivity index (χ4v) is 3.10. The minimum Gasteiger partial charge on any atom is -0.310 e. The van der Waals surface area contributed by atoms with Gasteiger partial charge in [0.25, 0.3) is 0 Å². The lowest BCUT2D eigenvalue weighted by Crippen LogP contribution is -2.26. The third-order valence-corrected chi connectivity index (χ3v) is 4.50. The van der Waals surface area contributed by atoms with Gasteiger partial charge in [0.1, 0.15) is 0 Å². The molecule has 0 heterocycles. The zero-order valence-electron chi connectivity index (χ0n) is 14.8. The molecule has 1 unspecified atom stereocenters. The molecule has 0 saturated carbocycles. The summed E-state index contributed by atoms with van der Waals surface area (Å²) in [5, 5.41) is 4.51. The van der Waals surface area contributed by atoms with E-state index >= 15 is 0 Å². The number of hydrogen-bond acceptors (Lipinski definition) is 2. The van der Waals surface area contributed by atoms with Crippen LogP contribution >= 0.6 is 11.6 Å². The summed E-state index contributed by atoms with van der Waals surface area (Å²) < 4.78 is 0. The molecule has 1 atom stereocenters. The van der Waals surface area contributed by atoms with E-state index in [1.54, 1.807) is 0 Å². The Bertz CT molecular complexity index is 568. The second-order valence-electron chi connectivity index (χ2n) is 6.42. The predicted molar refractivity (Wildman–Crippen MR) is 104 cm³/mol. The van der Waals surface area contributed by atoms with Crippen molar-refractivity contribution in [1.29, 1.82) is 0 Å². The lowest BCUT2D eigenvalue weighted by atomic mass is 10.0. The molecular formula is C21H29ClN2. The van der Waals surface area contributed by atoms with Gasteiger partial charge in [-0.05, 0) is 56.2 Å². The van der Waals surface area contributed by atoms with Crippen LogP contribution in [0.3, 0.4) is 0 Å². The molecule has 2 aromatic rings. The average Bonchev–Trinajstić information content (AvgIpc) is 2.59. The van der Waals surface area contributed by atoms with Gasteiger partial charge in [0, 0.05) is 17.6 Å². The Morgan fingerprint density at radius 1 is 1.04 bits per heavy atom. The average molecular weight is 345 g/mol. The van der Waals surface area contributed by atoms with Crippen molar-refractivity contribution in [2.24, 2.45) is 0 Å². The van der Waals surface area contributed by atoms with Crippen molar-refractivity contribution in [2.45, 2.75) is 38.8 Å². The van der Waals surface area contributed by atoms with Crippen molar-refractivity contribution in [1.82, 2.24) is 10.2 Å². The number of rotatable bonds is 10. The molecule has 0 fully saturated rings. The first-order chi connectivity index (χ1) is 11.7. The van der Waals surface area contributed by atoms with E-state index in [1.807, 2.05) is 12.1 Å². The van der Waals surface area contributed by atoms with Gasteiger partial charge in [-0.3, -0.25) is 0 Å². The van der Waals surface area contributed by atoms with Crippen molar-refractivity contribution in [3.63, 3.8) is 0 Å². The van der Waals surface area contributed by atoms with E-state index in [2.05, 4.69) is 66.7 Å². The topological polar surface area (TPSA) is 15.3 Å². The van der Waals surface area contributed by atoms with Crippen LogP contribution in [0, 0.1) is 0 Å². The Labute approximate surface area is 151 Å². The first-order valence-corrected chi connectivity index (χ1v) is 9.28. The third kappa shape index (κ3) is 6.64. The molecule has 0 bridgehead atoms. The van der Waals surface area contributed by atoms with Crippen molar-refractivity contribution in [3.8, 4) is 0 Å². The van der Waals surface area contributed by atoms with Crippen LogP contribution in [0.25, 0.3) is 0 Å². The molecule has 0 spiro atoms. The summed E-state index contributed by atoms with van der Waals surface area (Å²) in [7, 11) is 2.19. The molecule has 130 valence electrons. The zero-order valence-corrected chi connectivity index (χ0v) is 15.6. The number of nitrogens with one attached hydrogen (secondary N) is 1. The molecule has 0 aliphatic heterocycles. The van der Waals surface area contributed by atoms with Gasteiger partial charge in [0.15, 0.2) is 0 Å². The normalized spacial score (nSPS) is 12.5. The number of halogens is 1. The van der Waals surface area contributed by atoms with Gasteiger partial charge < -0.3 is 10.2 Å². The maximum atomic E-state index is 6.00. The maximum Gasteiger partial charge on any atom is 0.0406 e. The standard InChI is InChI=1S/C21H29ClN2/c1-3-8-21(19-11-13-20(22)14-12-19)23-15-7-16-24(2)17-18-9-5-4-6-10-18/h4-6,9-14,21,23H,3,7-8,15-17H2,1-2H3. The molecule has 24 heavy (non-hydrogen) atoms. The Morgan fingerprint density at radius 3 is 2.42 bits per heavy atom. The Kier molecular flexibility index (Phi) is 8.31. The van der Waals surface area contributed by atoms with E-state index in [0.29, 0.717) is 6.04 Å². The third-order valence-electron chi connectivity index (χ3n) is 4.25. The molecule has 0 saturated heterocycles. The van der Waals surface area contributed by atoms with Gasteiger partial charge in [0.05, 0.1) is 0 Å². The van der Waals surface area contributed by atoms with Crippen LogP contribution in [0.2, 0.25) is 5.02 Å². The van der Waals surface area contributed by atoms with Gasteiger partial charge >= 0.3 is 0 Å². The molecule has 0 radical (unpaired) electrons. The first kappa shape index (κ1) is 19.0. The van der Waals surface area contributed by atoms with Gasteiger partial charge in [-0.25, -0.2) is 0 Å². The van der Waals surface area contributed by atoms with Gasteiger partial charge in [-0.1, -0.05) is 67.4 Å². The summed E-state index contributed by atoms with van der Waals surface area (Å²) in [6.07, 6.45) is 3.48. The van der Waals surface area contributed by atoms with Crippen LogP contribution in [0.4, 0.5) is 0 Å². The second-order valence-corrected chi connectivity index (χ2v) is 6.86. The lowest BCUT2D eigenvalue weighted by Gasteiger charge is -2.21. The van der Waals surface area contributed by atoms with Crippen molar-refractivity contribution in [2.75, 3.05) is 20.1 Å². The largest absolute Gasteiger partial charge is 0.310 e. The van der Waals surface area contributed by atoms with E-state index in [9.17, 15) is 0 Å². The second kappa shape index (κ2) is 10.5. The highest BCUT2D eigenvalue weighted by Crippen LogP contribution is 2.20. The molecule has 0 aliphatic rings. The minimum absolute atomic E-state index is 0.423. The zero-order chi connectivity index (χ0) is 17.2. The summed E-state index contributed by atoms with van der Waals surface area (Å²) in [5.41, 5.74) is 2.71. The van der Waals surface area contributed by atoms with Crippen LogP contribution in [-0.4, -0.2) is 25.0 Å². The highest BCUT2D eigenvalue weighted by Gasteiger charge is 2.09. The fourth-order valence-electron chi connectivity index (χ4n) is 2.97. The first-order valence-electron chi connectivity index (χ1n) is 8.90. The molecular weight excluding hydrogens is 316 g/mol. The number of nitrogens with zero attached hydrogens (tertiary/aromatic N) is 1. The molecule has 0 amide bonds. The van der Waals surface area contributed by atoms with Gasteiger partial charge in [-0.2, -0.15) is 0 Å². The highest BCUT2D eigenvalue weighted by molar-refractivity contribution is 6.30. The number of benzene rings is 2. The van der Waals surface area contributed by atoms with E-state index in [4.69, 9.17) is 11.6 Å². The van der Waals surface area contributed by atoms with E-state index in [0.717, 1.165) is 37.5 Å². The molecule has 3 heteroatoms. The van der Waals surface area contributed by atoms with E-state index in [-0.39, 0.29) is 0 Å². The smallest absolute Gasteiger partial charge is 0.0406 e. The summed E-state index contributed by atoms with van der Waals surface area (Å²) in [5.74, 6) is 0. The summed E-state index contributed by atoms with van der Waals surface area (Å²) >= 11 is 6.00. The van der Waals surface area contributed by atoms with Crippen LogP contribution < -0.4 is 5.32 Å².